The van der Waals surface area contributed by atoms with Crippen molar-refractivity contribution >= 4 is 33.8 Å². The molecule has 7 heteroatoms. The highest BCUT2D eigenvalue weighted by Gasteiger charge is 2.34. The summed E-state index contributed by atoms with van der Waals surface area (Å²) >= 11 is 6.90. The zero-order chi connectivity index (χ0) is 12.7. The fraction of sp³-hybridized carbons (Fsp3) is 0.455. The van der Waals surface area contributed by atoms with E-state index in [0.29, 0.717) is 11.1 Å². The Morgan fingerprint density at radius 3 is 3.17 bits per heavy atom. The molecule has 0 aliphatic carbocycles. The molecule has 2 aromatic rings. The summed E-state index contributed by atoms with van der Waals surface area (Å²) in [5, 5.41) is 18.8. The Labute approximate surface area is 112 Å². The summed E-state index contributed by atoms with van der Waals surface area (Å²) in [4.78, 5) is 4.20. The van der Waals surface area contributed by atoms with Crippen molar-refractivity contribution in [1.82, 2.24) is 9.55 Å². The maximum absolute atomic E-state index is 9.74. The monoisotopic (exact) mass is 284 g/mol. The van der Waals surface area contributed by atoms with Gasteiger partial charge in [-0.1, -0.05) is 12.2 Å². The number of aromatic nitrogens is 2. The highest BCUT2D eigenvalue weighted by Crippen LogP contribution is 2.30. The molecule has 3 atom stereocenters. The van der Waals surface area contributed by atoms with Crippen LogP contribution in [0.3, 0.4) is 0 Å². The molecule has 0 spiro atoms. The van der Waals surface area contributed by atoms with Gasteiger partial charge in [0.25, 0.3) is 0 Å². The number of aliphatic hydroxyl groups excluding tert-OH is 2. The number of pyridine rings is 1. The van der Waals surface area contributed by atoms with E-state index in [1.807, 2.05) is 16.8 Å². The van der Waals surface area contributed by atoms with Gasteiger partial charge >= 0.3 is 0 Å². The molecule has 3 rings (SSSR count). The van der Waals surface area contributed by atoms with Crippen LogP contribution in [-0.2, 0) is 4.74 Å². The lowest BCUT2D eigenvalue weighted by Gasteiger charge is -2.15. The van der Waals surface area contributed by atoms with E-state index in [2.05, 4.69) is 4.98 Å². The van der Waals surface area contributed by atoms with E-state index in [9.17, 15) is 5.11 Å². The number of thiazole rings is 1. The van der Waals surface area contributed by atoms with Gasteiger partial charge in [0.1, 0.15) is 17.0 Å². The summed E-state index contributed by atoms with van der Waals surface area (Å²) in [5.74, 6) is 0. The topological polar surface area (TPSA) is 67.5 Å². The first-order valence-electron chi connectivity index (χ1n) is 5.59. The van der Waals surface area contributed by atoms with Crippen molar-refractivity contribution in [3.05, 3.63) is 22.4 Å². The predicted octanol–water partition coefficient (Wildman–Crippen LogP) is 1.47. The molecular formula is C11H12N2O3S2. The molecule has 0 radical (unpaired) electrons. The minimum absolute atomic E-state index is 0.187. The molecule has 3 heterocycles. The van der Waals surface area contributed by atoms with Crippen LogP contribution in [0.4, 0.5) is 0 Å². The molecule has 0 aromatic carbocycles. The molecule has 1 aliphatic heterocycles. The minimum atomic E-state index is -0.654. The molecule has 96 valence electrons. The molecule has 0 saturated carbocycles. The molecule has 1 fully saturated rings. The molecule has 2 N–H and O–H groups in total. The van der Waals surface area contributed by atoms with Crippen LogP contribution in [0.15, 0.2) is 17.8 Å². The van der Waals surface area contributed by atoms with Gasteiger partial charge in [0.15, 0.2) is 0 Å². The lowest BCUT2D eigenvalue weighted by molar-refractivity contribution is -0.0447. The summed E-state index contributed by atoms with van der Waals surface area (Å²) in [6, 6.07) is 1.88. The van der Waals surface area contributed by atoms with Gasteiger partial charge in [-0.05, 0) is 6.07 Å². The van der Waals surface area contributed by atoms with Gasteiger partial charge in [-0.2, -0.15) is 0 Å². The zero-order valence-electron chi connectivity index (χ0n) is 9.39. The van der Waals surface area contributed by atoms with Crippen molar-refractivity contribution in [3.63, 3.8) is 0 Å². The summed E-state index contributed by atoms with van der Waals surface area (Å²) in [5.41, 5.74) is 2.63. The maximum atomic E-state index is 9.74. The smallest absolute Gasteiger partial charge is 0.137 e. The second-order valence-corrected chi connectivity index (χ2v) is 5.45. The van der Waals surface area contributed by atoms with Crippen LogP contribution in [0, 0.1) is 4.64 Å². The van der Waals surface area contributed by atoms with E-state index in [0.717, 1.165) is 10.2 Å². The first-order chi connectivity index (χ1) is 8.70. The first kappa shape index (κ1) is 12.2. The maximum Gasteiger partial charge on any atom is 0.137 e. The second-order valence-electron chi connectivity index (χ2n) is 4.21. The third kappa shape index (κ3) is 1.88. The molecule has 1 saturated heterocycles. The van der Waals surface area contributed by atoms with Crippen molar-refractivity contribution in [2.24, 2.45) is 0 Å². The Bertz CT molecular complexity index is 624. The summed E-state index contributed by atoms with van der Waals surface area (Å²) in [6.07, 6.45) is 0.745. The lowest BCUT2D eigenvalue weighted by Crippen LogP contribution is -2.24. The van der Waals surface area contributed by atoms with Gasteiger partial charge in [0, 0.05) is 12.6 Å². The van der Waals surface area contributed by atoms with Crippen LogP contribution < -0.4 is 0 Å². The number of rotatable bonds is 2. The van der Waals surface area contributed by atoms with Crippen molar-refractivity contribution in [1.29, 1.82) is 0 Å². The SMILES string of the molecule is OC[C@H]1O[C@H](n2ccc3ncsc3c2=S)CC1O. The van der Waals surface area contributed by atoms with E-state index in [1.54, 1.807) is 5.51 Å². The largest absolute Gasteiger partial charge is 0.394 e. The van der Waals surface area contributed by atoms with Crippen LogP contribution in [-0.4, -0.2) is 38.6 Å². The van der Waals surface area contributed by atoms with Crippen molar-refractivity contribution in [2.45, 2.75) is 24.9 Å². The fourth-order valence-corrected chi connectivity index (χ4v) is 3.29. The van der Waals surface area contributed by atoms with E-state index in [4.69, 9.17) is 22.1 Å². The number of hydrogen-bond acceptors (Lipinski definition) is 6. The van der Waals surface area contributed by atoms with Gasteiger partial charge in [-0.3, -0.25) is 0 Å². The molecule has 2 aromatic heterocycles. The van der Waals surface area contributed by atoms with Crippen molar-refractivity contribution in [3.8, 4) is 0 Å². The molecule has 0 amide bonds. The van der Waals surface area contributed by atoms with Crippen LogP contribution in [0.5, 0.6) is 0 Å². The second kappa shape index (κ2) is 4.67. The molecule has 1 unspecified atom stereocenters. The van der Waals surface area contributed by atoms with E-state index < -0.39 is 12.2 Å². The average molecular weight is 284 g/mol. The standard InChI is InChI=1S/C11H12N2O3S2/c14-4-8-7(15)3-9(16-8)13-2-1-6-10(11(13)17)18-5-12-6/h1-2,5,7-9,14-15H,3-4H2/t7?,8-,9+/m1/s1. The highest BCUT2D eigenvalue weighted by molar-refractivity contribution is 7.71. The van der Waals surface area contributed by atoms with Crippen LogP contribution in [0.25, 0.3) is 10.2 Å². The van der Waals surface area contributed by atoms with Crippen LogP contribution in [0.1, 0.15) is 12.6 Å². The van der Waals surface area contributed by atoms with Gasteiger partial charge < -0.3 is 19.5 Å². The minimum Gasteiger partial charge on any atom is -0.394 e. The Hall–Kier alpha value is -0.860. The summed E-state index contributed by atoms with van der Waals surface area (Å²) in [7, 11) is 0. The van der Waals surface area contributed by atoms with Gasteiger partial charge in [0.2, 0.25) is 0 Å². The number of ether oxygens (including phenoxy) is 1. The summed E-state index contributed by atoms with van der Waals surface area (Å²) in [6.45, 7) is -0.187. The van der Waals surface area contributed by atoms with E-state index in [1.165, 1.54) is 11.3 Å². The number of aliphatic hydroxyl groups is 2. The molecular weight excluding hydrogens is 272 g/mol. The van der Waals surface area contributed by atoms with E-state index in [-0.39, 0.29) is 12.8 Å². The fourth-order valence-electron chi connectivity index (χ4n) is 2.15. The predicted molar refractivity (Wildman–Crippen MR) is 70.1 cm³/mol. The molecule has 5 nitrogen and oxygen atoms in total. The first-order valence-corrected chi connectivity index (χ1v) is 6.88. The third-order valence-corrected chi connectivity index (χ3v) is 4.50. The van der Waals surface area contributed by atoms with Crippen LogP contribution in [0.2, 0.25) is 0 Å². The Balaban J connectivity index is 2.00. The quantitative estimate of drug-likeness (QED) is 0.817. The molecule has 18 heavy (non-hydrogen) atoms. The number of hydrogen-bond donors (Lipinski definition) is 2. The van der Waals surface area contributed by atoms with Gasteiger partial charge in [-0.25, -0.2) is 4.98 Å². The molecule has 1 aliphatic rings. The van der Waals surface area contributed by atoms with E-state index >= 15 is 0 Å². The van der Waals surface area contributed by atoms with Gasteiger partial charge in [-0.15, -0.1) is 11.3 Å². The van der Waals surface area contributed by atoms with Crippen LogP contribution >= 0.6 is 23.6 Å². The third-order valence-electron chi connectivity index (χ3n) is 3.11. The number of fused-ring (bicyclic) bond motifs is 1. The Kier molecular flexibility index (Phi) is 3.16. The zero-order valence-corrected chi connectivity index (χ0v) is 11.0. The normalized spacial score (nSPS) is 28.0. The Morgan fingerprint density at radius 2 is 2.44 bits per heavy atom. The number of nitrogens with zero attached hydrogens (tertiary/aromatic N) is 2. The van der Waals surface area contributed by atoms with Gasteiger partial charge in [0.05, 0.1) is 28.4 Å². The molecule has 0 bridgehead atoms. The highest BCUT2D eigenvalue weighted by atomic mass is 32.1. The average Bonchev–Trinajstić information content (AvgIpc) is 2.96. The summed E-state index contributed by atoms with van der Waals surface area (Å²) < 4.78 is 9.01. The van der Waals surface area contributed by atoms with Crippen molar-refractivity contribution in [2.75, 3.05) is 6.61 Å². The lowest BCUT2D eigenvalue weighted by atomic mass is 10.2. The van der Waals surface area contributed by atoms with Crippen molar-refractivity contribution < 1.29 is 14.9 Å². The Morgan fingerprint density at radius 1 is 1.61 bits per heavy atom.